The summed E-state index contributed by atoms with van der Waals surface area (Å²) in [6, 6.07) is 19.9. The molecule has 0 radical (unpaired) electrons. The smallest absolute Gasteiger partial charge is 0.224 e. The lowest BCUT2D eigenvalue weighted by molar-refractivity contribution is -0.116. The maximum Gasteiger partial charge on any atom is 0.224 e. The SMILES string of the molecule is CCCC(=O)Nc1cccc(-c2nc(Nc3ccc4c(c3)CNN4)c3cc(OCCN4CCN(C)CC4)ccc3n2)c1. The molecule has 218 valence electrons. The third kappa shape index (κ3) is 6.62. The number of hydrogen-bond acceptors (Lipinski definition) is 9. The highest BCUT2D eigenvalue weighted by Crippen LogP contribution is 2.32. The highest BCUT2D eigenvalue weighted by atomic mass is 16.5. The molecule has 1 aromatic heterocycles. The molecule has 0 saturated carbocycles. The summed E-state index contributed by atoms with van der Waals surface area (Å²) in [5.74, 6) is 2.06. The molecule has 42 heavy (non-hydrogen) atoms. The molecule has 2 aliphatic heterocycles. The van der Waals surface area contributed by atoms with Crippen molar-refractivity contribution in [1.82, 2.24) is 25.2 Å². The Morgan fingerprint density at radius 2 is 1.88 bits per heavy atom. The highest BCUT2D eigenvalue weighted by Gasteiger charge is 2.16. The Balaban J connectivity index is 1.29. The first kappa shape index (κ1) is 27.9. The Morgan fingerprint density at radius 1 is 1.00 bits per heavy atom. The van der Waals surface area contributed by atoms with E-state index in [2.05, 4.69) is 50.5 Å². The molecule has 1 amide bonds. The molecule has 2 aliphatic rings. The quantitative estimate of drug-likeness (QED) is 0.215. The van der Waals surface area contributed by atoms with Crippen LogP contribution in [0, 0.1) is 0 Å². The zero-order valence-electron chi connectivity index (χ0n) is 24.2. The van der Waals surface area contributed by atoms with Gasteiger partial charge in [-0.15, -0.1) is 0 Å². The number of nitrogens with one attached hydrogen (secondary N) is 4. The molecule has 0 aliphatic carbocycles. The summed E-state index contributed by atoms with van der Waals surface area (Å²) in [5, 5.41) is 7.40. The molecule has 0 atom stereocenters. The number of aromatic nitrogens is 2. The number of anilines is 4. The molecule has 0 unspecified atom stereocenters. The number of hydrazine groups is 1. The van der Waals surface area contributed by atoms with Gasteiger partial charge >= 0.3 is 0 Å². The standard InChI is InChI=1S/C32H38N8O2/c1-3-5-30(41)34-24-7-4-6-22(18-24)31-36-29-11-9-26(42-17-16-40-14-12-39(2)13-15-40)20-27(29)32(37-31)35-25-8-10-28-23(19-25)21-33-38-28/h4,6-11,18-20,33,38H,3,5,12-17,21H2,1-2H3,(H,34,41)(H,35,36,37). The second-order valence-corrected chi connectivity index (χ2v) is 10.9. The summed E-state index contributed by atoms with van der Waals surface area (Å²) >= 11 is 0. The van der Waals surface area contributed by atoms with Gasteiger partial charge in [-0.1, -0.05) is 19.1 Å². The number of benzene rings is 3. The molecule has 1 saturated heterocycles. The molecule has 10 nitrogen and oxygen atoms in total. The van der Waals surface area contributed by atoms with Crippen molar-refractivity contribution < 1.29 is 9.53 Å². The van der Waals surface area contributed by atoms with Crippen LogP contribution in [0.2, 0.25) is 0 Å². The van der Waals surface area contributed by atoms with Gasteiger partial charge in [0.15, 0.2) is 5.82 Å². The number of hydrogen-bond donors (Lipinski definition) is 4. The van der Waals surface area contributed by atoms with Crippen LogP contribution in [0.3, 0.4) is 0 Å². The van der Waals surface area contributed by atoms with E-state index >= 15 is 0 Å². The third-order valence-corrected chi connectivity index (χ3v) is 7.69. The Labute approximate surface area is 246 Å². The average molecular weight is 567 g/mol. The maximum atomic E-state index is 12.2. The zero-order valence-corrected chi connectivity index (χ0v) is 24.2. The van der Waals surface area contributed by atoms with E-state index in [1.165, 1.54) is 5.56 Å². The number of likely N-dealkylation sites (N-methyl/N-ethyl adjacent to an activating group) is 1. The van der Waals surface area contributed by atoms with Crippen molar-refractivity contribution in [3.8, 4) is 17.1 Å². The normalized spacial score (nSPS) is 15.3. The van der Waals surface area contributed by atoms with Crippen LogP contribution in [0.1, 0.15) is 25.3 Å². The molecule has 1 fully saturated rings. The van der Waals surface area contributed by atoms with Crippen molar-refractivity contribution in [2.24, 2.45) is 0 Å². The highest BCUT2D eigenvalue weighted by molar-refractivity contribution is 5.94. The van der Waals surface area contributed by atoms with Crippen LogP contribution >= 0.6 is 0 Å². The topological polar surface area (TPSA) is 107 Å². The first-order valence-electron chi connectivity index (χ1n) is 14.7. The van der Waals surface area contributed by atoms with E-state index in [1.807, 2.05) is 55.5 Å². The number of fused-ring (bicyclic) bond motifs is 2. The number of carbonyl (C=O) groups excluding carboxylic acids is 1. The first-order valence-corrected chi connectivity index (χ1v) is 14.7. The van der Waals surface area contributed by atoms with Crippen LogP contribution in [0.4, 0.5) is 22.9 Å². The van der Waals surface area contributed by atoms with Crippen LogP contribution < -0.4 is 26.2 Å². The van der Waals surface area contributed by atoms with Gasteiger partial charge in [0.25, 0.3) is 0 Å². The molecule has 4 aromatic rings. The molecule has 10 heteroatoms. The lowest BCUT2D eigenvalue weighted by Crippen LogP contribution is -2.45. The summed E-state index contributed by atoms with van der Waals surface area (Å²) in [7, 11) is 2.17. The molecule has 0 bridgehead atoms. The summed E-state index contributed by atoms with van der Waals surface area (Å²) in [6.07, 6.45) is 1.28. The first-order chi connectivity index (χ1) is 20.5. The number of carbonyl (C=O) groups is 1. The van der Waals surface area contributed by atoms with Crippen LogP contribution in [0.5, 0.6) is 5.75 Å². The number of nitrogens with zero attached hydrogens (tertiary/aromatic N) is 4. The second kappa shape index (κ2) is 12.7. The fourth-order valence-electron chi connectivity index (χ4n) is 5.28. The predicted molar refractivity (Wildman–Crippen MR) is 168 cm³/mol. The third-order valence-electron chi connectivity index (χ3n) is 7.69. The minimum Gasteiger partial charge on any atom is -0.492 e. The van der Waals surface area contributed by atoms with E-state index in [0.717, 1.165) is 85.0 Å². The van der Waals surface area contributed by atoms with Crippen molar-refractivity contribution >= 4 is 39.7 Å². The zero-order chi connectivity index (χ0) is 28.9. The number of amides is 1. The molecule has 3 heterocycles. The van der Waals surface area contributed by atoms with E-state index < -0.39 is 0 Å². The number of piperazine rings is 1. The minimum atomic E-state index is -0.00261. The largest absolute Gasteiger partial charge is 0.492 e. The van der Waals surface area contributed by atoms with Gasteiger partial charge in [0.2, 0.25) is 5.91 Å². The second-order valence-electron chi connectivity index (χ2n) is 10.9. The summed E-state index contributed by atoms with van der Waals surface area (Å²) in [4.78, 5) is 26.9. The van der Waals surface area contributed by atoms with Crippen molar-refractivity contribution in [3.63, 3.8) is 0 Å². The van der Waals surface area contributed by atoms with Crippen LogP contribution in [0.15, 0.2) is 60.7 Å². The van der Waals surface area contributed by atoms with Crippen molar-refractivity contribution in [2.75, 3.05) is 62.4 Å². The molecular weight excluding hydrogens is 528 g/mol. The summed E-state index contributed by atoms with van der Waals surface area (Å²) in [5.41, 5.74) is 11.9. The predicted octanol–water partition coefficient (Wildman–Crippen LogP) is 4.84. The molecular formula is C32H38N8O2. The number of ether oxygens (including phenoxy) is 1. The fraction of sp³-hybridized carbons (Fsp3) is 0.344. The van der Waals surface area contributed by atoms with Crippen molar-refractivity contribution in [1.29, 1.82) is 0 Å². The van der Waals surface area contributed by atoms with E-state index in [-0.39, 0.29) is 5.91 Å². The van der Waals surface area contributed by atoms with Crippen molar-refractivity contribution in [3.05, 3.63) is 66.2 Å². The fourth-order valence-corrected chi connectivity index (χ4v) is 5.28. The van der Waals surface area contributed by atoms with Crippen LogP contribution in [0.25, 0.3) is 22.3 Å². The Hall–Kier alpha value is -4.25. The minimum absolute atomic E-state index is 0.00261. The molecule has 3 aromatic carbocycles. The average Bonchev–Trinajstić information content (AvgIpc) is 3.47. The summed E-state index contributed by atoms with van der Waals surface area (Å²) < 4.78 is 6.20. The van der Waals surface area contributed by atoms with E-state index in [1.54, 1.807) is 0 Å². The van der Waals surface area contributed by atoms with Gasteiger partial charge in [-0.25, -0.2) is 15.4 Å². The van der Waals surface area contributed by atoms with Gasteiger partial charge in [0.05, 0.1) is 11.2 Å². The monoisotopic (exact) mass is 566 g/mol. The van der Waals surface area contributed by atoms with Gasteiger partial charge in [-0.05, 0) is 67.6 Å². The van der Waals surface area contributed by atoms with Gasteiger partial charge < -0.3 is 25.7 Å². The molecule has 4 N–H and O–H groups in total. The van der Waals surface area contributed by atoms with Gasteiger partial charge in [-0.2, -0.15) is 0 Å². The van der Waals surface area contributed by atoms with E-state index in [4.69, 9.17) is 14.7 Å². The van der Waals surface area contributed by atoms with Gasteiger partial charge in [0.1, 0.15) is 18.2 Å². The van der Waals surface area contributed by atoms with Crippen LogP contribution in [-0.4, -0.2) is 72.1 Å². The van der Waals surface area contributed by atoms with Crippen LogP contribution in [-0.2, 0) is 11.3 Å². The Kier molecular flexibility index (Phi) is 8.45. The van der Waals surface area contributed by atoms with E-state index in [9.17, 15) is 4.79 Å². The maximum absolute atomic E-state index is 12.2. The molecule has 6 rings (SSSR count). The number of rotatable bonds is 10. The lowest BCUT2D eigenvalue weighted by atomic mass is 10.1. The lowest BCUT2D eigenvalue weighted by Gasteiger charge is -2.32. The molecule has 0 spiro atoms. The van der Waals surface area contributed by atoms with Gasteiger partial charge in [-0.3, -0.25) is 9.69 Å². The van der Waals surface area contributed by atoms with Gasteiger partial charge in [0, 0.05) is 68.0 Å². The van der Waals surface area contributed by atoms with Crippen molar-refractivity contribution in [2.45, 2.75) is 26.3 Å². The van der Waals surface area contributed by atoms with E-state index in [0.29, 0.717) is 24.7 Å². The Morgan fingerprint density at radius 3 is 2.74 bits per heavy atom. The Bertz CT molecular complexity index is 1570. The summed E-state index contributed by atoms with van der Waals surface area (Å²) in [6.45, 7) is 8.58.